The number of halogens is 2. The van der Waals surface area contributed by atoms with E-state index in [-0.39, 0.29) is 0 Å². The molecule has 0 aliphatic heterocycles. The number of hydrogen-bond acceptors (Lipinski definition) is 1. The second-order valence-corrected chi connectivity index (χ2v) is 2.91. The molecule has 0 saturated heterocycles. The Kier molecular flexibility index (Phi) is 8.93. The minimum atomic E-state index is -2.40. The molecule has 1 atom stereocenters. The summed E-state index contributed by atoms with van der Waals surface area (Å²) in [5.74, 6) is 0. The van der Waals surface area contributed by atoms with Crippen LogP contribution in [0.5, 0.6) is 0 Å². The van der Waals surface area contributed by atoms with Crippen molar-refractivity contribution in [2.75, 3.05) is 0 Å². The van der Waals surface area contributed by atoms with E-state index < -0.39 is 12.0 Å². The van der Waals surface area contributed by atoms with Crippen LogP contribution in [0.15, 0.2) is 0 Å². The van der Waals surface area contributed by atoms with E-state index in [1.165, 1.54) is 6.92 Å². The van der Waals surface area contributed by atoms with Crippen LogP contribution in [-0.4, -0.2) is 12.0 Å². The van der Waals surface area contributed by atoms with E-state index in [0.29, 0.717) is 6.42 Å². The van der Waals surface area contributed by atoms with Crippen LogP contribution < -0.4 is 5.73 Å². The van der Waals surface area contributed by atoms with Gasteiger partial charge in [-0.05, 0) is 13.3 Å². The van der Waals surface area contributed by atoms with E-state index in [4.69, 9.17) is 5.73 Å². The largest absolute Gasteiger partial charge is 0.321 e. The standard InChI is InChI=1S/C7H15F2N.C2H6/c1-3-4-5-7(2,10)6(8)9;1-2/h6H,3-5,10H2,1-2H3;1-2H3. The molecule has 0 fully saturated rings. The highest BCUT2D eigenvalue weighted by molar-refractivity contribution is 4.80. The van der Waals surface area contributed by atoms with Crippen LogP contribution in [0.25, 0.3) is 0 Å². The van der Waals surface area contributed by atoms with Crippen molar-refractivity contribution in [1.29, 1.82) is 0 Å². The molecule has 0 spiro atoms. The Labute approximate surface area is 74.3 Å². The molecule has 0 heterocycles. The first-order valence-corrected chi connectivity index (χ1v) is 4.57. The summed E-state index contributed by atoms with van der Waals surface area (Å²) >= 11 is 0. The van der Waals surface area contributed by atoms with E-state index in [9.17, 15) is 8.78 Å². The molecule has 0 aromatic rings. The van der Waals surface area contributed by atoms with Crippen molar-refractivity contribution in [2.24, 2.45) is 5.73 Å². The number of nitrogens with two attached hydrogens (primary N) is 1. The number of rotatable bonds is 4. The molecule has 0 saturated carbocycles. The van der Waals surface area contributed by atoms with Gasteiger partial charge in [0.1, 0.15) is 0 Å². The van der Waals surface area contributed by atoms with Gasteiger partial charge in [0.05, 0.1) is 5.54 Å². The molecule has 0 bridgehead atoms. The van der Waals surface area contributed by atoms with E-state index in [2.05, 4.69) is 0 Å². The second-order valence-electron chi connectivity index (χ2n) is 2.91. The third-order valence-corrected chi connectivity index (χ3v) is 1.57. The van der Waals surface area contributed by atoms with Crippen LogP contribution in [0.2, 0.25) is 0 Å². The molecule has 0 aromatic carbocycles. The Morgan fingerprint density at radius 3 is 2.00 bits per heavy atom. The summed E-state index contributed by atoms with van der Waals surface area (Å²) in [6.07, 6.45) is -0.308. The predicted molar refractivity (Wildman–Crippen MR) is 49.5 cm³/mol. The van der Waals surface area contributed by atoms with Crippen molar-refractivity contribution in [2.45, 2.75) is 58.9 Å². The summed E-state index contributed by atoms with van der Waals surface area (Å²) in [6.45, 7) is 7.36. The molecular weight excluding hydrogens is 160 g/mol. The smallest absolute Gasteiger partial charge is 0.255 e. The van der Waals surface area contributed by atoms with Gasteiger partial charge in [-0.1, -0.05) is 33.6 Å². The third-order valence-electron chi connectivity index (χ3n) is 1.57. The maximum Gasteiger partial charge on any atom is 0.255 e. The van der Waals surface area contributed by atoms with Crippen LogP contribution in [0.3, 0.4) is 0 Å². The average molecular weight is 181 g/mol. The highest BCUT2D eigenvalue weighted by atomic mass is 19.3. The number of unbranched alkanes of at least 4 members (excludes halogenated alkanes) is 1. The van der Waals surface area contributed by atoms with Gasteiger partial charge in [0.15, 0.2) is 0 Å². The van der Waals surface area contributed by atoms with Gasteiger partial charge in [0.2, 0.25) is 0 Å². The zero-order chi connectivity index (χ0) is 10.2. The summed E-state index contributed by atoms with van der Waals surface area (Å²) < 4.78 is 24.0. The quantitative estimate of drug-likeness (QED) is 0.708. The van der Waals surface area contributed by atoms with E-state index in [1.54, 1.807) is 0 Å². The Hall–Kier alpha value is -0.180. The Morgan fingerprint density at radius 2 is 1.75 bits per heavy atom. The van der Waals surface area contributed by atoms with Gasteiger partial charge in [-0.25, -0.2) is 8.78 Å². The summed E-state index contributed by atoms with van der Waals surface area (Å²) in [5, 5.41) is 0. The lowest BCUT2D eigenvalue weighted by molar-refractivity contribution is 0.0577. The average Bonchev–Trinajstić information content (AvgIpc) is 2.04. The molecule has 3 heteroatoms. The molecule has 0 aromatic heterocycles. The second kappa shape index (κ2) is 7.47. The van der Waals surface area contributed by atoms with Gasteiger partial charge in [-0.3, -0.25) is 0 Å². The third kappa shape index (κ3) is 6.53. The summed E-state index contributed by atoms with van der Waals surface area (Å²) in [6, 6.07) is 0. The van der Waals surface area contributed by atoms with E-state index >= 15 is 0 Å². The zero-order valence-electron chi connectivity index (χ0n) is 8.53. The zero-order valence-corrected chi connectivity index (χ0v) is 8.53. The van der Waals surface area contributed by atoms with Crippen LogP contribution >= 0.6 is 0 Å². The molecule has 2 N–H and O–H groups in total. The fourth-order valence-electron chi connectivity index (χ4n) is 0.667. The predicted octanol–water partition coefficient (Wildman–Crippen LogP) is 3.19. The molecule has 1 unspecified atom stereocenters. The Balaban J connectivity index is 0. The maximum atomic E-state index is 12.0. The van der Waals surface area contributed by atoms with Crippen LogP contribution in [0, 0.1) is 0 Å². The van der Waals surface area contributed by atoms with Gasteiger partial charge in [-0.15, -0.1) is 0 Å². The minimum Gasteiger partial charge on any atom is -0.321 e. The van der Waals surface area contributed by atoms with Crippen molar-refractivity contribution >= 4 is 0 Å². The lowest BCUT2D eigenvalue weighted by atomic mass is 9.97. The molecule has 0 rings (SSSR count). The summed E-state index contributed by atoms with van der Waals surface area (Å²) in [7, 11) is 0. The fourth-order valence-corrected chi connectivity index (χ4v) is 0.667. The Bertz CT molecular complexity index is 92.5. The molecule has 12 heavy (non-hydrogen) atoms. The van der Waals surface area contributed by atoms with Gasteiger partial charge in [-0.2, -0.15) is 0 Å². The molecule has 0 radical (unpaired) electrons. The van der Waals surface area contributed by atoms with E-state index in [0.717, 1.165) is 12.8 Å². The monoisotopic (exact) mass is 181 g/mol. The van der Waals surface area contributed by atoms with Gasteiger partial charge in [0, 0.05) is 0 Å². The Morgan fingerprint density at radius 1 is 1.33 bits per heavy atom. The van der Waals surface area contributed by atoms with Crippen LogP contribution in [0.1, 0.15) is 47.0 Å². The van der Waals surface area contributed by atoms with Crippen LogP contribution in [-0.2, 0) is 0 Å². The normalized spacial score (nSPS) is 15.0. The SMILES string of the molecule is CC.CCCCC(C)(N)C(F)F. The topological polar surface area (TPSA) is 26.0 Å². The molecule has 1 nitrogen and oxygen atoms in total. The highest BCUT2D eigenvalue weighted by Crippen LogP contribution is 2.18. The first-order valence-electron chi connectivity index (χ1n) is 4.57. The molecule has 0 aliphatic carbocycles. The van der Waals surface area contributed by atoms with Gasteiger partial charge in [0.25, 0.3) is 6.43 Å². The molecular formula is C9H21F2N. The lowest BCUT2D eigenvalue weighted by Crippen LogP contribution is -2.43. The van der Waals surface area contributed by atoms with Gasteiger partial charge < -0.3 is 5.73 Å². The van der Waals surface area contributed by atoms with Gasteiger partial charge >= 0.3 is 0 Å². The highest BCUT2D eigenvalue weighted by Gasteiger charge is 2.28. The van der Waals surface area contributed by atoms with Crippen molar-refractivity contribution in [1.82, 2.24) is 0 Å². The summed E-state index contributed by atoms with van der Waals surface area (Å²) in [5.41, 5.74) is 4.01. The van der Waals surface area contributed by atoms with Crippen molar-refractivity contribution < 1.29 is 8.78 Å². The molecule has 76 valence electrons. The molecule has 0 aliphatic rings. The fraction of sp³-hybridized carbons (Fsp3) is 1.00. The minimum absolute atomic E-state index is 0.404. The van der Waals surface area contributed by atoms with Crippen molar-refractivity contribution in [3.05, 3.63) is 0 Å². The number of hydrogen-bond donors (Lipinski definition) is 1. The number of alkyl halides is 2. The van der Waals surface area contributed by atoms with E-state index in [1.807, 2.05) is 20.8 Å². The van der Waals surface area contributed by atoms with Crippen LogP contribution in [0.4, 0.5) is 8.78 Å². The first kappa shape index (κ1) is 14.3. The van der Waals surface area contributed by atoms with Crippen molar-refractivity contribution in [3.8, 4) is 0 Å². The lowest BCUT2D eigenvalue weighted by Gasteiger charge is -2.22. The molecule has 0 amide bonds. The first-order chi connectivity index (χ1) is 5.50. The maximum absolute atomic E-state index is 12.0. The summed E-state index contributed by atoms with van der Waals surface area (Å²) in [4.78, 5) is 0. The van der Waals surface area contributed by atoms with Crippen molar-refractivity contribution in [3.63, 3.8) is 0 Å².